The number of nitrogens with zero attached hydrogens (tertiary/aromatic N) is 2. The van der Waals surface area contributed by atoms with Gasteiger partial charge in [-0.15, -0.1) is 22.7 Å². The average molecular weight is 401 g/mol. The molecule has 5 nitrogen and oxygen atoms in total. The van der Waals surface area contributed by atoms with Gasteiger partial charge in [-0.3, -0.25) is 4.79 Å². The number of hydrogen-bond acceptors (Lipinski definition) is 6. The van der Waals surface area contributed by atoms with Crippen molar-refractivity contribution in [2.24, 2.45) is 0 Å². The first-order chi connectivity index (χ1) is 13.2. The van der Waals surface area contributed by atoms with E-state index in [1.807, 2.05) is 59.0 Å². The maximum atomic E-state index is 12.8. The van der Waals surface area contributed by atoms with Crippen LogP contribution in [0, 0.1) is 0 Å². The number of thiophene rings is 1. The van der Waals surface area contributed by atoms with E-state index in [1.165, 1.54) is 0 Å². The molecule has 1 aromatic carbocycles. The Balaban J connectivity index is 1.37. The number of aromatic nitrogens is 1. The molecule has 27 heavy (non-hydrogen) atoms. The second-order valence-electron chi connectivity index (χ2n) is 6.23. The predicted octanol–water partition coefficient (Wildman–Crippen LogP) is 4.10. The van der Waals surface area contributed by atoms with Gasteiger partial charge in [-0.25, -0.2) is 4.98 Å². The lowest BCUT2D eigenvalue weighted by molar-refractivity contribution is -0.131. The molecule has 0 fully saturated rings. The summed E-state index contributed by atoms with van der Waals surface area (Å²) in [6.45, 7) is 3.56. The van der Waals surface area contributed by atoms with Crippen molar-refractivity contribution in [1.29, 1.82) is 0 Å². The average Bonchev–Trinajstić information content (AvgIpc) is 3.37. The zero-order valence-corrected chi connectivity index (χ0v) is 16.6. The van der Waals surface area contributed by atoms with Gasteiger partial charge in [0.15, 0.2) is 17.6 Å². The Morgan fingerprint density at radius 1 is 1.22 bits per heavy atom. The van der Waals surface area contributed by atoms with Gasteiger partial charge < -0.3 is 14.4 Å². The molecule has 0 N–H and O–H groups in total. The molecule has 0 spiro atoms. The Kier molecular flexibility index (Phi) is 5.40. The SMILES string of the molecule is CCN(CC1COc2ccccc2O1)C(=O)Cc1csc(-c2cccs2)n1. The second kappa shape index (κ2) is 8.10. The zero-order chi connectivity index (χ0) is 18.6. The Hall–Kier alpha value is -2.38. The number of fused-ring (bicyclic) bond motifs is 1. The minimum atomic E-state index is -0.166. The van der Waals surface area contributed by atoms with Gasteiger partial charge in [-0.1, -0.05) is 18.2 Å². The number of carbonyl (C=O) groups excluding carboxylic acids is 1. The maximum Gasteiger partial charge on any atom is 0.228 e. The van der Waals surface area contributed by atoms with Crippen molar-refractivity contribution in [3.8, 4) is 21.4 Å². The normalized spacial score (nSPS) is 15.5. The summed E-state index contributed by atoms with van der Waals surface area (Å²) in [6.07, 6.45) is 0.140. The van der Waals surface area contributed by atoms with Gasteiger partial charge in [0.1, 0.15) is 11.6 Å². The summed E-state index contributed by atoms with van der Waals surface area (Å²) in [5, 5.41) is 4.97. The van der Waals surface area contributed by atoms with Crippen LogP contribution < -0.4 is 9.47 Å². The fourth-order valence-corrected chi connectivity index (χ4v) is 4.61. The van der Waals surface area contributed by atoms with Crippen LogP contribution in [0.15, 0.2) is 47.2 Å². The lowest BCUT2D eigenvalue weighted by Crippen LogP contribution is -2.44. The lowest BCUT2D eigenvalue weighted by atomic mass is 10.2. The molecule has 1 aliphatic rings. The van der Waals surface area contributed by atoms with Gasteiger partial charge >= 0.3 is 0 Å². The van der Waals surface area contributed by atoms with Crippen molar-refractivity contribution >= 4 is 28.6 Å². The van der Waals surface area contributed by atoms with Crippen LogP contribution in [0.3, 0.4) is 0 Å². The monoisotopic (exact) mass is 400 g/mol. The number of para-hydroxylation sites is 2. The van der Waals surface area contributed by atoms with Crippen LogP contribution in [0.5, 0.6) is 11.5 Å². The van der Waals surface area contributed by atoms with Crippen LogP contribution in [0.25, 0.3) is 9.88 Å². The van der Waals surface area contributed by atoms with Crippen molar-refractivity contribution in [2.45, 2.75) is 19.4 Å². The van der Waals surface area contributed by atoms with E-state index in [0.717, 1.165) is 27.1 Å². The summed E-state index contributed by atoms with van der Waals surface area (Å²) >= 11 is 3.24. The topological polar surface area (TPSA) is 51.7 Å². The molecular weight excluding hydrogens is 380 g/mol. The molecule has 0 radical (unpaired) electrons. The third kappa shape index (κ3) is 4.14. The first-order valence-electron chi connectivity index (χ1n) is 8.87. The van der Waals surface area contributed by atoms with Crippen LogP contribution in [-0.2, 0) is 11.2 Å². The Morgan fingerprint density at radius 3 is 2.85 bits per heavy atom. The number of rotatable bonds is 6. The first kappa shape index (κ1) is 18.0. The molecule has 140 valence electrons. The maximum absolute atomic E-state index is 12.8. The van der Waals surface area contributed by atoms with Gasteiger partial charge in [-0.2, -0.15) is 0 Å². The highest BCUT2D eigenvalue weighted by Gasteiger charge is 2.25. The summed E-state index contributed by atoms with van der Waals surface area (Å²) in [6, 6.07) is 11.7. The third-order valence-corrected chi connectivity index (χ3v) is 6.27. The number of benzene rings is 1. The van der Waals surface area contributed by atoms with E-state index in [2.05, 4.69) is 4.98 Å². The minimum absolute atomic E-state index is 0.0583. The minimum Gasteiger partial charge on any atom is -0.486 e. The fraction of sp³-hybridized carbons (Fsp3) is 0.300. The highest BCUT2D eigenvalue weighted by molar-refractivity contribution is 7.20. The zero-order valence-electron chi connectivity index (χ0n) is 15.0. The Morgan fingerprint density at radius 2 is 2.07 bits per heavy atom. The van der Waals surface area contributed by atoms with Crippen LogP contribution in [0.1, 0.15) is 12.6 Å². The molecular formula is C20H20N2O3S2. The quantitative estimate of drug-likeness (QED) is 0.625. The Labute approximate surface area is 166 Å². The lowest BCUT2D eigenvalue weighted by Gasteiger charge is -2.30. The molecule has 1 amide bonds. The van der Waals surface area contributed by atoms with Crippen molar-refractivity contribution in [3.63, 3.8) is 0 Å². The molecule has 1 unspecified atom stereocenters. The third-order valence-electron chi connectivity index (χ3n) is 4.34. The van der Waals surface area contributed by atoms with Crippen molar-refractivity contribution < 1.29 is 14.3 Å². The number of hydrogen-bond donors (Lipinski definition) is 0. The van der Waals surface area contributed by atoms with Gasteiger partial charge in [0, 0.05) is 11.9 Å². The number of amides is 1. The summed E-state index contributed by atoms with van der Waals surface area (Å²) in [7, 11) is 0. The molecule has 3 aromatic rings. The van der Waals surface area contributed by atoms with E-state index in [9.17, 15) is 4.79 Å². The van der Waals surface area contributed by atoms with Crippen LogP contribution in [0.2, 0.25) is 0 Å². The highest BCUT2D eigenvalue weighted by Crippen LogP contribution is 2.31. The second-order valence-corrected chi connectivity index (χ2v) is 8.03. The van der Waals surface area contributed by atoms with E-state index in [-0.39, 0.29) is 12.0 Å². The van der Waals surface area contributed by atoms with E-state index in [4.69, 9.17) is 9.47 Å². The molecule has 0 saturated carbocycles. The number of ether oxygens (including phenoxy) is 2. The predicted molar refractivity (Wildman–Crippen MR) is 108 cm³/mol. The highest BCUT2D eigenvalue weighted by atomic mass is 32.1. The Bertz CT molecular complexity index is 908. The van der Waals surface area contributed by atoms with Crippen molar-refractivity contribution in [1.82, 2.24) is 9.88 Å². The van der Waals surface area contributed by atoms with Crippen LogP contribution in [0.4, 0.5) is 0 Å². The largest absolute Gasteiger partial charge is 0.486 e. The standard InChI is InChI=1S/C20H20N2O3S2/c1-2-22(11-15-12-24-16-6-3-4-7-17(16)25-15)19(23)10-14-13-27-20(21-14)18-8-5-9-26-18/h3-9,13,15H,2,10-12H2,1H3. The van der Waals surface area contributed by atoms with Gasteiger partial charge in [0.2, 0.25) is 5.91 Å². The van der Waals surface area contributed by atoms with E-state index in [1.54, 1.807) is 22.7 Å². The fourth-order valence-electron chi connectivity index (χ4n) is 2.97. The van der Waals surface area contributed by atoms with Gasteiger partial charge in [0.05, 0.1) is 23.5 Å². The van der Waals surface area contributed by atoms with E-state index >= 15 is 0 Å². The number of thiazole rings is 1. The van der Waals surface area contributed by atoms with Gasteiger partial charge in [0.25, 0.3) is 0 Å². The molecule has 7 heteroatoms. The smallest absolute Gasteiger partial charge is 0.228 e. The molecule has 1 aliphatic heterocycles. The summed E-state index contributed by atoms with van der Waals surface area (Å²) < 4.78 is 11.7. The molecule has 0 saturated heterocycles. The summed E-state index contributed by atoms with van der Waals surface area (Å²) in [4.78, 5) is 20.3. The van der Waals surface area contributed by atoms with E-state index in [0.29, 0.717) is 26.1 Å². The molecule has 2 aromatic heterocycles. The molecule has 1 atom stereocenters. The number of likely N-dealkylation sites (N-methyl/N-ethyl adjacent to an activating group) is 1. The van der Waals surface area contributed by atoms with Crippen molar-refractivity contribution in [2.75, 3.05) is 19.7 Å². The summed E-state index contributed by atoms with van der Waals surface area (Å²) in [5.74, 6) is 1.55. The molecule has 0 bridgehead atoms. The first-order valence-corrected chi connectivity index (χ1v) is 10.6. The number of carbonyl (C=O) groups is 1. The molecule has 3 heterocycles. The van der Waals surface area contributed by atoms with Crippen molar-refractivity contribution in [3.05, 3.63) is 52.9 Å². The van der Waals surface area contributed by atoms with Gasteiger partial charge in [-0.05, 0) is 30.5 Å². The van der Waals surface area contributed by atoms with E-state index < -0.39 is 0 Å². The summed E-state index contributed by atoms with van der Waals surface area (Å²) in [5.41, 5.74) is 0.818. The molecule has 4 rings (SSSR count). The van der Waals surface area contributed by atoms with Crippen LogP contribution in [-0.4, -0.2) is 41.6 Å². The molecule has 0 aliphatic carbocycles. The van der Waals surface area contributed by atoms with Crippen LogP contribution >= 0.6 is 22.7 Å².